The number of likely N-dealkylation sites (tertiary alicyclic amines) is 1. The zero-order chi connectivity index (χ0) is 23.1. The third-order valence-electron chi connectivity index (χ3n) is 5.80. The van der Waals surface area contributed by atoms with Crippen molar-refractivity contribution in [2.24, 2.45) is 0 Å². The van der Waals surface area contributed by atoms with Gasteiger partial charge in [0.15, 0.2) is 11.6 Å². The second-order valence-electron chi connectivity index (χ2n) is 7.86. The van der Waals surface area contributed by atoms with E-state index in [1.807, 2.05) is 0 Å². The number of aromatic nitrogens is 4. The Morgan fingerprint density at radius 1 is 1.15 bits per heavy atom. The second kappa shape index (κ2) is 8.21. The van der Waals surface area contributed by atoms with E-state index >= 15 is 0 Å². The van der Waals surface area contributed by atoms with Crippen LogP contribution in [0.2, 0.25) is 0 Å². The third-order valence-corrected chi connectivity index (χ3v) is 5.80. The Morgan fingerprint density at radius 2 is 1.91 bits per heavy atom. The zero-order valence-corrected chi connectivity index (χ0v) is 17.6. The summed E-state index contributed by atoms with van der Waals surface area (Å²) in [4.78, 5) is 29.4. The molecule has 10 heteroatoms. The average molecular weight is 451 g/mol. The van der Waals surface area contributed by atoms with Gasteiger partial charge in [0, 0.05) is 37.2 Å². The van der Waals surface area contributed by atoms with E-state index in [1.54, 1.807) is 42.5 Å². The van der Waals surface area contributed by atoms with Crippen molar-refractivity contribution in [2.45, 2.75) is 12.5 Å². The number of hydrogen-bond donors (Lipinski definition) is 1. The van der Waals surface area contributed by atoms with E-state index in [0.717, 1.165) is 18.6 Å². The van der Waals surface area contributed by atoms with Gasteiger partial charge in [0.25, 0.3) is 11.5 Å². The van der Waals surface area contributed by atoms with Crippen LogP contribution >= 0.6 is 0 Å². The highest BCUT2D eigenvalue weighted by atomic mass is 19.2. The van der Waals surface area contributed by atoms with Gasteiger partial charge in [0.05, 0.1) is 29.1 Å². The predicted octanol–water partition coefficient (Wildman–Crippen LogP) is 2.91. The molecule has 168 valence electrons. The lowest BCUT2D eigenvalue weighted by Crippen LogP contribution is -2.29. The molecule has 1 aliphatic heterocycles. The number of carbonyl (C=O) groups is 1. The van der Waals surface area contributed by atoms with Crippen molar-refractivity contribution in [3.63, 3.8) is 0 Å². The minimum absolute atomic E-state index is 0.0632. The van der Waals surface area contributed by atoms with Gasteiger partial charge in [-0.3, -0.25) is 9.59 Å². The number of fused-ring (bicyclic) bond motifs is 1. The number of carbonyl (C=O) groups excluding carboxylic acids is 1. The Morgan fingerprint density at radius 3 is 2.64 bits per heavy atom. The van der Waals surface area contributed by atoms with Crippen molar-refractivity contribution in [3.05, 3.63) is 76.2 Å². The molecular weight excluding hydrogens is 432 g/mol. The van der Waals surface area contributed by atoms with E-state index in [4.69, 9.17) is 4.74 Å². The van der Waals surface area contributed by atoms with Crippen LogP contribution in [-0.2, 0) is 4.74 Å². The lowest BCUT2D eigenvalue weighted by atomic mass is 10.1. The number of halogens is 2. The van der Waals surface area contributed by atoms with Crippen LogP contribution in [0.15, 0.2) is 53.5 Å². The summed E-state index contributed by atoms with van der Waals surface area (Å²) in [5.74, 6) is -2.11. The summed E-state index contributed by atoms with van der Waals surface area (Å²) < 4.78 is 33.8. The number of nitrogens with one attached hydrogen (secondary N) is 1. The first kappa shape index (κ1) is 21.0. The number of benzene rings is 2. The molecule has 33 heavy (non-hydrogen) atoms. The molecular formula is C23H19F2N5O3. The van der Waals surface area contributed by atoms with Gasteiger partial charge in [-0.2, -0.15) is 0 Å². The summed E-state index contributed by atoms with van der Waals surface area (Å²) in [7, 11) is 1.64. The molecule has 3 heterocycles. The van der Waals surface area contributed by atoms with E-state index in [1.165, 1.54) is 10.7 Å². The van der Waals surface area contributed by atoms with Crippen LogP contribution in [0, 0.1) is 11.6 Å². The number of H-pyrrole nitrogens is 1. The minimum atomic E-state index is -1.04. The highest BCUT2D eigenvalue weighted by Gasteiger charge is 2.26. The lowest BCUT2D eigenvalue weighted by Gasteiger charge is -2.16. The molecule has 0 spiro atoms. The van der Waals surface area contributed by atoms with Gasteiger partial charge in [0.2, 0.25) is 0 Å². The molecule has 0 aliphatic carbocycles. The first-order chi connectivity index (χ1) is 15.9. The molecule has 0 radical (unpaired) electrons. The fourth-order valence-corrected chi connectivity index (χ4v) is 3.95. The Labute approximate surface area is 186 Å². The maximum Gasteiger partial charge on any atom is 0.258 e. The van der Waals surface area contributed by atoms with Crippen molar-refractivity contribution in [3.8, 4) is 16.9 Å². The summed E-state index contributed by atoms with van der Waals surface area (Å²) in [6.07, 6.45) is 2.43. The predicted molar refractivity (Wildman–Crippen MR) is 116 cm³/mol. The summed E-state index contributed by atoms with van der Waals surface area (Å²) >= 11 is 0. The standard InChI is InChI=1S/C23H19F2N5O3/c1-33-16-6-7-29(11-16)23(32)13-2-4-15(5-3-13)30-12-21(27-28-30)17-8-14-9-18(24)19(25)10-20(14)26-22(17)31/h2-5,8-10,12,16H,6-7,11H2,1H3,(H,26,31)/t16-/m1/s1. The van der Waals surface area contributed by atoms with Crippen molar-refractivity contribution >= 4 is 16.8 Å². The molecule has 0 bridgehead atoms. The summed E-state index contributed by atoms with van der Waals surface area (Å²) in [6.45, 7) is 1.22. The summed E-state index contributed by atoms with van der Waals surface area (Å²) in [5, 5.41) is 8.43. The maximum absolute atomic E-state index is 13.6. The van der Waals surface area contributed by atoms with Gasteiger partial charge in [-0.05, 0) is 42.8 Å². The number of pyridine rings is 1. The summed E-state index contributed by atoms with van der Waals surface area (Å²) in [6, 6.07) is 10.3. The molecule has 8 nitrogen and oxygen atoms in total. The van der Waals surface area contributed by atoms with E-state index in [2.05, 4.69) is 15.3 Å². The van der Waals surface area contributed by atoms with Gasteiger partial charge in [-0.25, -0.2) is 13.5 Å². The van der Waals surface area contributed by atoms with Crippen LogP contribution in [0.1, 0.15) is 16.8 Å². The molecule has 2 aromatic heterocycles. The molecule has 0 saturated carbocycles. The van der Waals surface area contributed by atoms with E-state index < -0.39 is 17.2 Å². The number of amides is 1. The number of aromatic amines is 1. The van der Waals surface area contributed by atoms with Crippen molar-refractivity contribution < 1.29 is 18.3 Å². The fraction of sp³-hybridized carbons (Fsp3) is 0.217. The van der Waals surface area contributed by atoms with Crippen LogP contribution in [0.4, 0.5) is 8.78 Å². The molecule has 1 amide bonds. The van der Waals surface area contributed by atoms with Gasteiger partial charge in [0.1, 0.15) is 5.69 Å². The second-order valence-corrected chi connectivity index (χ2v) is 7.86. The Bertz CT molecular complexity index is 1410. The molecule has 4 aromatic rings. The van der Waals surface area contributed by atoms with Crippen LogP contribution in [0.3, 0.4) is 0 Å². The number of rotatable bonds is 4. The quantitative estimate of drug-likeness (QED) is 0.515. The molecule has 5 rings (SSSR count). The van der Waals surface area contributed by atoms with Crippen LogP contribution in [0.5, 0.6) is 0 Å². The van der Waals surface area contributed by atoms with Gasteiger partial charge in [-0.15, -0.1) is 5.10 Å². The van der Waals surface area contributed by atoms with Crippen molar-refractivity contribution in [1.82, 2.24) is 24.9 Å². The van der Waals surface area contributed by atoms with Crippen molar-refractivity contribution in [2.75, 3.05) is 20.2 Å². The Hall–Kier alpha value is -3.92. The third kappa shape index (κ3) is 3.89. The minimum Gasteiger partial charge on any atom is -0.380 e. The van der Waals surface area contributed by atoms with Gasteiger partial charge >= 0.3 is 0 Å². The molecule has 0 unspecified atom stereocenters. The van der Waals surface area contributed by atoms with E-state index in [0.29, 0.717) is 29.7 Å². The Kier molecular flexibility index (Phi) is 5.21. The first-order valence-corrected chi connectivity index (χ1v) is 10.3. The number of ether oxygens (including phenoxy) is 1. The Balaban J connectivity index is 1.40. The molecule has 2 aromatic carbocycles. The largest absolute Gasteiger partial charge is 0.380 e. The highest BCUT2D eigenvalue weighted by Crippen LogP contribution is 2.22. The van der Waals surface area contributed by atoms with Gasteiger partial charge < -0.3 is 14.6 Å². The van der Waals surface area contributed by atoms with Crippen LogP contribution in [-0.4, -0.2) is 57.1 Å². The number of nitrogens with zero attached hydrogens (tertiary/aromatic N) is 4. The number of hydrogen-bond acceptors (Lipinski definition) is 5. The van der Waals surface area contributed by atoms with Crippen LogP contribution < -0.4 is 5.56 Å². The highest BCUT2D eigenvalue weighted by molar-refractivity contribution is 5.94. The van der Waals surface area contributed by atoms with Crippen LogP contribution in [0.25, 0.3) is 27.8 Å². The topological polar surface area (TPSA) is 93.1 Å². The molecule has 1 saturated heterocycles. The fourth-order valence-electron chi connectivity index (χ4n) is 3.95. The van der Waals surface area contributed by atoms with Gasteiger partial charge in [-0.1, -0.05) is 5.21 Å². The van der Waals surface area contributed by atoms with E-state index in [9.17, 15) is 18.4 Å². The van der Waals surface area contributed by atoms with E-state index in [-0.39, 0.29) is 28.8 Å². The monoisotopic (exact) mass is 451 g/mol. The number of methoxy groups -OCH3 is 1. The molecule has 1 atom stereocenters. The molecule has 1 N–H and O–H groups in total. The zero-order valence-electron chi connectivity index (χ0n) is 17.6. The normalized spacial score (nSPS) is 16.0. The molecule has 1 fully saturated rings. The lowest BCUT2D eigenvalue weighted by molar-refractivity contribution is 0.0724. The molecule has 1 aliphatic rings. The average Bonchev–Trinajstić information content (AvgIpc) is 3.50. The first-order valence-electron chi connectivity index (χ1n) is 10.3. The summed E-state index contributed by atoms with van der Waals surface area (Å²) in [5.41, 5.74) is 1.33. The van der Waals surface area contributed by atoms with Crippen molar-refractivity contribution in [1.29, 1.82) is 0 Å². The smallest absolute Gasteiger partial charge is 0.258 e. The SMILES string of the molecule is CO[C@@H]1CCN(C(=O)c2ccc(-n3cc(-c4cc5cc(F)c(F)cc5[nH]c4=O)nn3)cc2)C1. The maximum atomic E-state index is 13.6.